The monoisotopic (exact) mass is 380 g/mol. The number of ether oxygens (including phenoxy) is 1. The van der Waals surface area contributed by atoms with Gasteiger partial charge in [-0.1, -0.05) is 60.1 Å². The van der Waals surface area contributed by atoms with Gasteiger partial charge in [-0.2, -0.15) is 0 Å². The molecule has 1 amide bonds. The summed E-state index contributed by atoms with van der Waals surface area (Å²) in [6, 6.07) is 25.0. The summed E-state index contributed by atoms with van der Waals surface area (Å²) >= 11 is 6.15. The Morgan fingerprint density at radius 2 is 1.67 bits per heavy atom. The highest BCUT2D eigenvalue weighted by Crippen LogP contribution is 2.27. The van der Waals surface area contributed by atoms with Gasteiger partial charge in [-0.05, 0) is 35.9 Å². The maximum Gasteiger partial charge on any atom is 0.246 e. The number of halogens is 1. The maximum absolute atomic E-state index is 12.9. The minimum absolute atomic E-state index is 0.0306. The summed E-state index contributed by atoms with van der Waals surface area (Å²) in [6.07, 6.45) is 0. The van der Waals surface area contributed by atoms with Crippen molar-refractivity contribution in [2.75, 3.05) is 23.9 Å². The van der Waals surface area contributed by atoms with Crippen molar-refractivity contribution in [2.24, 2.45) is 0 Å². The van der Waals surface area contributed by atoms with Crippen molar-refractivity contribution in [3.8, 4) is 5.75 Å². The highest BCUT2D eigenvalue weighted by molar-refractivity contribution is 6.32. The number of nitrogens with one attached hydrogen (secondary N) is 1. The van der Waals surface area contributed by atoms with E-state index in [2.05, 4.69) is 5.32 Å². The minimum atomic E-state index is -0.0306. The zero-order valence-electron chi connectivity index (χ0n) is 15.1. The molecule has 0 radical (unpaired) electrons. The van der Waals surface area contributed by atoms with Crippen molar-refractivity contribution in [3.05, 3.63) is 89.4 Å². The molecule has 0 aromatic heterocycles. The smallest absolute Gasteiger partial charge is 0.246 e. The molecule has 3 aromatic carbocycles. The van der Waals surface area contributed by atoms with Crippen LogP contribution < -0.4 is 15.0 Å². The van der Waals surface area contributed by atoms with E-state index in [1.54, 1.807) is 24.1 Å². The standard InChI is InChI=1S/C22H21ClN2O2/c1-27-21-13-12-18(14-20(21)23)24-15-22(26)25(19-10-6-3-7-11-19)16-17-8-4-2-5-9-17/h2-14,24H,15-16H2,1H3. The molecule has 0 atom stereocenters. The molecule has 27 heavy (non-hydrogen) atoms. The molecule has 0 saturated carbocycles. The summed E-state index contributed by atoms with van der Waals surface area (Å²) in [5, 5.41) is 3.64. The molecule has 0 unspecified atom stereocenters. The zero-order valence-corrected chi connectivity index (χ0v) is 15.8. The van der Waals surface area contributed by atoms with Crippen molar-refractivity contribution in [2.45, 2.75) is 6.54 Å². The minimum Gasteiger partial charge on any atom is -0.495 e. The summed E-state index contributed by atoms with van der Waals surface area (Å²) < 4.78 is 5.15. The van der Waals surface area contributed by atoms with Crippen molar-refractivity contribution < 1.29 is 9.53 Å². The van der Waals surface area contributed by atoms with Crippen molar-refractivity contribution in [3.63, 3.8) is 0 Å². The number of nitrogens with zero attached hydrogens (tertiary/aromatic N) is 1. The van der Waals surface area contributed by atoms with E-state index < -0.39 is 0 Å². The molecule has 0 aliphatic rings. The van der Waals surface area contributed by atoms with Gasteiger partial charge in [0.1, 0.15) is 5.75 Å². The van der Waals surface area contributed by atoms with Gasteiger partial charge in [-0.25, -0.2) is 0 Å². The van der Waals surface area contributed by atoms with Crippen molar-refractivity contribution in [1.29, 1.82) is 0 Å². The Labute approximate surface area is 164 Å². The quantitative estimate of drug-likeness (QED) is 0.627. The number of methoxy groups -OCH3 is 1. The fraction of sp³-hybridized carbons (Fsp3) is 0.136. The number of hydrogen-bond donors (Lipinski definition) is 1. The van der Waals surface area contributed by atoms with Crippen LogP contribution in [0.15, 0.2) is 78.9 Å². The van der Waals surface area contributed by atoms with E-state index in [9.17, 15) is 4.79 Å². The molecule has 0 saturated heterocycles. The topological polar surface area (TPSA) is 41.6 Å². The first-order valence-corrected chi connectivity index (χ1v) is 9.02. The van der Waals surface area contributed by atoms with E-state index >= 15 is 0 Å². The maximum atomic E-state index is 12.9. The molecule has 0 fully saturated rings. The summed E-state index contributed by atoms with van der Waals surface area (Å²) in [5.74, 6) is 0.570. The normalized spacial score (nSPS) is 10.3. The molecule has 138 valence electrons. The fourth-order valence-electron chi connectivity index (χ4n) is 2.75. The second kappa shape index (κ2) is 9.10. The molecule has 0 heterocycles. The lowest BCUT2D eigenvalue weighted by Gasteiger charge is -2.23. The first kappa shape index (κ1) is 18.8. The van der Waals surface area contributed by atoms with Gasteiger partial charge in [0.2, 0.25) is 5.91 Å². The number of para-hydroxylation sites is 1. The molecule has 4 nitrogen and oxygen atoms in total. The van der Waals surface area contributed by atoms with Gasteiger partial charge >= 0.3 is 0 Å². The van der Waals surface area contributed by atoms with Gasteiger partial charge in [0.05, 0.1) is 25.2 Å². The molecule has 0 aliphatic heterocycles. The third kappa shape index (κ3) is 5.02. The SMILES string of the molecule is COc1ccc(NCC(=O)N(Cc2ccccc2)c2ccccc2)cc1Cl. The van der Waals surface area contributed by atoms with E-state index in [4.69, 9.17) is 16.3 Å². The molecule has 5 heteroatoms. The molecule has 3 aromatic rings. The van der Waals surface area contributed by atoms with Crippen molar-refractivity contribution >= 4 is 28.9 Å². The van der Waals surface area contributed by atoms with Crippen LogP contribution in [0.1, 0.15) is 5.56 Å². The van der Waals surface area contributed by atoms with Crippen molar-refractivity contribution in [1.82, 2.24) is 0 Å². The molecular formula is C22H21ClN2O2. The number of amides is 1. The number of hydrogen-bond acceptors (Lipinski definition) is 3. The van der Waals surface area contributed by atoms with Gasteiger partial charge in [-0.3, -0.25) is 4.79 Å². The summed E-state index contributed by atoms with van der Waals surface area (Å²) in [7, 11) is 1.57. The van der Waals surface area contributed by atoms with Crippen LogP contribution in [0.4, 0.5) is 11.4 Å². The highest BCUT2D eigenvalue weighted by Gasteiger charge is 2.16. The van der Waals surface area contributed by atoms with Crippen LogP contribution in [0.2, 0.25) is 5.02 Å². The van der Waals surface area contributed by atoms with Crippen LogP contribution >= 0.6 is 11.6 Å². The summed E-state index contributed by atoms with van der Waals surface area (Å²) in [6.45, 7) is 0.666. The lowest BCUT2D eigenvalue weighted by Crippen LogP contribution is -2.35. The number of anilines is 2. The van der Waals surface area contributed by atoms with E-state index in [-0.39, 0.29) is 12.5 Å². The van der Waals surface area contributed by atoms with Gasteiger partial charge in [0, 0.05) is 11.4 Å². The Balaban J connectivity index is 1.74. The first-order valence-electron chi connectivity index (χ1n) is 8.64. The zero-order chi connectivity index (χ0) is 19.1. The molecule has 0 spiro atoms. The number of benzene rings is 3. The Bertz CT molecular complexity index is 885. The predicted molar refractivity (Wildman–Crippen MR) is 111 cm³/mol. The van der Waals surface area contributed by atoms with Crippen LogP contribution in [0.3, 0.4) is 0 Å². The second-order valence-electron chi connectivity index (χ2n) is 6.00. The van der Waals surface area contributed by atoms with E-state index in [1.807, 2.05) is 66.7 Å². The summed E-state index contributed by atoms with van der Waals surface area (Å²) in [5.41, 5.74) is 2.70. The Hall–Kier alpha value is -2.98. The largest absolute Gasteiger partial charge is 0.495 e. The Morgan fingerprint density at radius 3 is 2.30 bits per heavy atom. The van der Waals surface area contributed by atoms with E-state index in [0.717, 1.165) is 16.9 Å². The fourth-order valence-corrected chi connectivity index (χ4v) is 3.00. The Kier molecular flexibility index (Phi) is 6.34. The average Bonchev–Trinajstić information content (AvgIpc) is 2.72. The summed E-state index contributed by atoms with van der Waals surface area (Å²) in [4.78, 5) is 14.7. The first-order chi connectivity index (χ1) is 13.2. The van der Waals surface area contributed by atoms with Crippen LogP contribution in [-0.4, -0.2) is 19.6 Å². The van der Waals surface area contributed by atoms with Gasteiger partial charge in [0.25, 0.3) is 0 Å². The number of carbonyl (C=O) groups is 1. The molecule has 0 bridgehead atoms. The predicted octanol–water partition coefficient (Wildman–Crippen LogP) is 4.99. The highest BCUT2D eigenvalue weighted by atomic mass is 35.5. The van der Waals surface area contributed by atoms with E-state index in [1.165, 1.54) is 0 Å². The molecular weight excluding hydrogens is 360 g/mol. The lowest BCUT2D eigenvalue weighted by molar-refractivity contribution is -0.117. The second-order valence-corrected chi connectivity index (χ2v) is 6.41. The van der Waals surface area contributed by atoms with Gasteiger partial charge in [0.15, 0.2) is 0 Å². The number of carbonyl (C=O) groups excluding carboxylic acids is 1. The van der Waals surface area contributed by atoms with Gasteiger partial charge in [-0.15, -0.1) is 0 Å². The molecule has 3 rings (SSSR count). The lowest BCUT2D eigenvalue weighted by atomic mass is 10.2. The number of rotatable bonds is 7. The third-order valence-electron chi connectivity index (χ3n) is 4.15. The van der Waals surface area contributed by atoms with Crippen LogP contribution in [0.25, 0.3) is 0 Å². The third-order valence-corrected chi connectivity index (χ3v) is 4.44. The average molecular weight is 381 g/mol. The molecule has 0 aliphatic carbocycles. The van der Waals surface area contributed by atoms with Gasteiger partial charge < -0.3 is 15.0 Å². The van der Waals surface area contributed by atoms with Crippen LogP contribution in [-0.2, 0) is 11.3 Å². The Morgan fingerprint density at radius 1 is 1.00 bits per heavy atom. The van der Waals surface area contributed by atoms with Crippen LogP contribution in [0.5, 0.6) is 5.75 Å². The van der Waals surface area contributed by atoms with E-state index in [0.29, 0.717) is 17.3 Å². The molecule has 1 N–H and O–H groups in total. The van der Waals surface area contributed by atoms with Crippen LogP contribution in [0, 0.1) is 0 Å².